The average molecular weight is 285 g/mol. The van der Waals surface area contributed by atoms with Gasteiger partial charge >= 0.3 is 0 Å². The minimum atomic E-state index is 0.184. The lowest BCUT2D eigenvalue weighted by atomic mass is 10.1. The van der Waals surface area contributed by atoms with Gasteiger partial charge in [-0.15, -0.1) is 11.3 Å². The lowest BCUT2D eigenvalue weighted by Gasteiger charge is -2.14. The van der Waals surface area contributed by atoms with Crippen LogP contribution in [0.1, 0.15) is 41.3 Å². The van der Waals surface area contributed by atoms with Crippen LogP contribution < -0.4 is 5.32 Å². The molecule has 1 amide bonds. The number of hydrogen-bond acceptors (Lipinski definition) is 2. The number of fused-ring (bicyclic) bond motifs is 1. The number of rotatable bonds is 5. The molecule has 0 spiro atoms. The van der Waals surface area contributed by atoms with E-state index in [2.05, 4.69) is 47.1 Å². The molecule has 0 radical (unpaired) electrons. The molecule has 0 aliphatic heterocycles. The number of carbonyl (C=O) groups excluding carboxylic acids is 1. The molecular formula is C17H19NOS. The molecule has 2 aromatic rings. The first kappa shape index (κ1) is 13.4. The van der Waals surface area contributed by atoms with Crippen molar-refractivity contribution in [3.05, 3.63) is 57.8 Å². The van der Waals surface area contributed by atoms with Crippen LogP contribution in [0.4, 0.5) is 0 Å². The lowest BCUT2D eigenvalue weighted by molar-refractivity contribution is -0.121. The second-order valence-electron chi connectivity index (χ2n) is 5.29. The Labute approximate surface area is 123 Å². The molecule has 1 atom stereocenters. The predicted molar refractivity (Wildman–Crippen MR) is 82.9 cm³/mol. The highest BCUT2D eigenvalue weighted by Gasteiger charge is 2.22. The van der Waals surface area contributed by atoms with Crippen molar-refractivity contribution in [3.63, 3.8) is 0 Å². The van der Waals surface area contributed by atoms with Gasteiger partial charge in [-0.25, -0.2) is 0 Å². The molecule has 3 heteroatoms. The van der Waals surface area contributed by atoms with Crippen molar-refractivity contribution in [2.24, 2.45) is 0 Å². The molecule has 1 aliphatic carbocycles. The van der Waals surface area contributed by atoms with E-state index in [9.17, 15) is 4.79 Å². The van der Waals surface area contributed by atoms with Crippen molar-refractivity contribution in [2.45, 2.75) is 38.1 Å². The van der Waals surface area contributed by atoms with E-state index in [4.69, 9.17) is 0 Å². The molecule has 104 valence electrons. The lowest BCUT2D eigenvalue weighted by Crippen LogP contribution is -2.26. The highest BCUT2D eigenvalue weighted by molar-refractivity contribution is 7.09. The molecule has 0 bridgehead atoms. The van der Waals surface area contributed by atoms with Crippen LogP contribution in [0.15, 0.2) is 41.8 Å². The van der Waals surface area contributed by atoms with Gasteiger partial charge in [-0.1, -0.05) is 30.3 Å². The smallest absolute Gasteiger partial charge is 0.220 e. The zero-order valence-corrected chi connectivity index (χ0v) is 12.3. The van der Waals surface area contributed by atoms with Crippen molar-refractivity contribution in [1.29, 1.82) is 0 Å². The fraction of sp³-hybridized carbons (Fsp3) is 0.353. The van der Waals surface area contributed by atoms with E-state index >= 15 is 0 Å². The van der Waals surface area contributed by atoms with Gasteiger partial charge in [-0.3, -0.25) is 4.79 Å². The summed E-state index contributed by atoms with van der Waals surface area (Å²) in [5.74, 6) is 0.184. The third-order valence-corrected chi connectivity index (χ3v) is 4.81. The third kappa shape index (κ3) is 3.10. The molecule has 1 heterocycles. The van der Waals surface area contributed by atoms with Gasteiger partial charge in [-0.05, 0) is 48.3 Å². The minimum Gasteiger partial charge on any atom is -0.349 e. The SMILES string of the molecule is O=C(CCCc1cccs1)NC1CCc2ccccc21. The summed E-state index contributed by atoms with van der Waals surface area (Å²) in [5.41, 5.74) is 2.69. The fourth-order valence-electron chi connectivity index (χ4n) is 2.85. The van der Waals surface area contributed by atoms with Gasteiger partial charge in [0, 0.05) is 11.3 Å². The summed E-state index contributed by atoms with van der Waals surface area (Å²) in [6, 6.07) is 12.9. The van der Waals surface area contributed by atoms with E-state index in [1.807, 2.05) is 0 Å². The third-order valence-electron chi connectivity index (χ3n) is 3.88. The summed E-state index contributed by atoms with van der Waals surface area (Å²) < 4.78 is 0. The highest BCUT2D eigenvalue weighted by Crippen LogP contribution is 2.30. The van der Waals surface area contributed by atoms with Gasteiger partial charge < -0.3 is 5.32 Å². The Morgan fingerprint density at radius 1 is 1.25 bits per heavy atom. The van der Waals surface area contributed by atoms with Gasteiger partial charge in [0.25, 0.3) is 0 Å². The van der Waals surface area contributed by atoms with Gasteiger partial charge in [0.1, 0.15) is 0 Å². The first-order chi connectivity index (χ1) is 9.83. The van der Waals surface area contributed by atoms with E-state index in [1.54, 1.807) is 11.3 Å². The summed E-state index contributed by atoms with van der Waals surface area (Å²) in [7, 11) is 0. The summed E-state index contributed by atoms with van der Waals surface area (Å²) >= 11 is 1.77. The van der Waals surface area contributed by atoms with Gasteiger partial charge in [0.15, 0.2) is 0 Å². The van der Waals surface area contributed by atoms with Crippen molar-refractivity contribution >= 4 is 17.2 Å². The molecule has 0 fully saturated rings. The van der Waals surface area contributed by atoms with Crippen molar-refractivity contribution < 1.29 is 4.79 Å². The van der Waals surface area contributed by atoms with Gasteiger partial charge in [0.2, 0.25) is 5.91 Å². The maximum Gasteiger partial charge on any atom is 0.220 e. The molecule has 1 aromatic heterocycles. The van der Waals surface area contributed by atoms with Gasteiger partial charge in [0.05, 0.1) is 6.04 Å². The zero-order chi connectivity index (χ0) is 13.8. The quantitative estimate of drug-likeness (QED) is 0.887. The Kier molecular flexibility index (Phi) is 4.16. The summed E-state index contributed by atoms with van der Waals surface area (Å²) in [5, 5.41) is 5.27. The topological polar surface area (TPSA) is 29.1 Å². The first-order valence-electron chi connectivity index (χ1n) is 7.22. The van der Waals surface area contributed by atoms with Crippen LogP contribution in [0.5, 0.6) is 0 Å². The number of aryl methyl sites for hydroxylation is 2. The largest absolute Gasteiger partial charge is 0.349 e. The first-order valence-corrected chi connectivity index (χ1v) is 8.10. The van der Waals surface area contributed by atoms with Gasteiger partial charge in [-0.2, -0.15) is 0 Å². The van der Waals surface area contributed by atoms with E-state index in [-0.39, 0.29) is 11.9 Å². The van der Waals surface area contributed by atoms with E-state index in [0.29, 0.717) is 6.42 Å². The average Bonchev–Trinajstić information content (AvgIpc) is 3.09. The zero-order valence-electron chi connectivity index (χ0n) is 11.5. The van der Waals surface area contributed by atoms with Crippen LogP contribution in [0, 0.1) is 0 Å². The number of nitrogens with one attached hydrogen (secondary N) is 1. The monoisotopic (exact) mass is 285 g/mol. The van der Waals surface area contributed by atoms with Crippen molar-refractivity contribution in [2.75, 3.05) is 0 Å². The standard InChI is InChI=1S/C17H19NOS/c19-17(9-3-6-14-7-4-12-20-14)18-16-11-10-13-5-1-2-8-15(13)16/h1-2,4-5,7-8,12,16H,3,6,9-11H2,(H,18,19). The van der Waals surface area contributed by atoms with Crippen LogP contribution in [0.3, 0.4) is 0 Å². The number of benzene rings is 1. The Balaban J connectivity index is 1.48. The number of thiophene rings is 1. The molecule has 3 rings (SSSR count). The van der Waals surface area contributed by atoms with Crippen LogP contribution in [0.2, 0.25) is 0 Å². The number of hydrogen-bond donors (Lipinski definition) is 1. The highest BCUT2D eigenvalue weighted by atomic mass is 32.1. The Morgan fingerprint density at radius 2 is 2.15 bits per heavy atom. The second-order valence-corrected chi connectivity index (χ2v) is 6.32. The van der Waals surface area contributed by atoms with E-state index in [0.717, 1.165) is 25.7 Å². The van der Waals surface area contributed by atoms with Crippen LogP contribution >= 0.6 is 11.3 Å². The van der Waals surface area contributed by atoms with Crippen LogP contribution in [-0.2, 0) is 17.6 Å². The van der Waals surface area contributed by atoms with E-state index < -0.39 is 0 Å². The van der Waals surface area contributed by atoms with E-state index in [1.165, 1.54) is 16.0 Å². The Morgan fingerprint density at radius 3 is 3.00 bits per heavy atom. The summed E-state index contributed by atoms with van der Waals surface area (Å²) in [4.78, 5) is 13.4. The van der Waals surface area contributed by atoms with Crippen molar-refractivity contribution in [3.8, 4) is 0 Å². The van der Waals surface area contributed by atoms with Crippen molar-refractivity contribution in [1.82, 2.24) is 5.32 Å². The molecule has 1 aromatic carbocycles. The minimum absolute atomic E-state index is 0.184. The molecule has 0 saturated carbocycles. The summed E-state index contributed by atoms with van der Waals surface area (Å²) in [6.07, 6.45) is 4.68. The Bertz CT molecular complexity index is 576. The number of amides is 1. The Hall–Kier alpha value is -1.61. The number of carbonyl (C=O) groups is 1. The maximum absolute atomic E-state index is 12.0. The molecule has 1 N–H and O–H groups in total. The molecular weight excluding hydrogens is 266 g/mol. The molecule has 20 heavy (non-hydrogen) atoms. The molecule has 2 nitrogen and oxygen atoms in total. The summed E-state index contributed by atoms with van der Waals surface area (Å²) in [6.45, 7) is 0. The molecule has 1 unspecified atom stereocenters. The predicted octanol–water partition coefficient (Wildman–Crippen LogP) is 3.87. The molecule has 0 saturated heterocycles. The van der Waals surface area contributed by atoms with Crippen LogP contribution in [-0.4, -0.2) is 5.91 Å². The molecule has 1 aliphatic rings. The second kappa shape index (κ2) is 6.23. The normalized spacial score (nSPS) is 16.9. The van der Waals surface area contributed by atoms with Crippen LogP contribution in [0.25, 0.3) is 0 Å². The maximum atomic E-state index is 12.0. The fourth-order valence-corrected chi connectivity index (χ4v) is 3.60.